The molecule has 0 bridgehead atoms. The molecule has 1 aliphatic rings. The average molecular weight is 382 g/mol. The molecular weight excluding hydrogens is 360 g/mol. The number of carbonyl (C=O) groups excluding carboxylic acids is 3. The lowest BCUT2D eigenvalue weighted by atomic mass is 9.92. The molecule has 0 saturated carbocycles. The van der Waals surface area contributed by atoms with Crippen molar-refractivity contribution in [3.05, 3.63) is 22.4 Å². The molecule has 0 N–H and O–H groups in total. The normalized spacial score (nSPS) is 20.1. The summed E-state index contributed by atoms with van der Waals surface area (Å²) in [5, 5.41) is 7.83. The Morgan fingerprint density at radius 1 is 1.23 bits per heavy atom. The third-order valence-electron chi connectivity index (χ3n) is 4.42. The molecule has 26 heavy (non-hydrogen) atoms. The van der Waals surface area contributed by atoms with E-state index in [0.717, 1.165) is 4.88 Å². The van der Waals surface area contributed by atoms with E-state index in [1.807, 2.05) is 17.5 Å². The average Bonchev–Trinajstić information content (AvgIpc) is 3.31. The summed E-state index contributed by atoms with van der Waals surface area (Å²) in [6.45, 7) is 1.72. The lowest BCUT2D eigenvalue weighted by molar-refractivity contribution is -0.161. The van der Waals surface area contributed by atoms with Gasteiger partial charge in [0.2, 0.25) is 0 Å². The first-order valence-electron chi connectivity index (χ1n) is 7.98. The Balaban J connectivity index is 2.41. The second-order valence-electron chi connectivity index (χ2n) is 5.98. The van der Waals surface area contributed by atoms with Crippen LogP contribution in [0.15, 0.2) is 22.6 Å². The number of esters is 3. The van der Waals surface area contributed by atoms with Crippen LogP contribution in [-0.4, -0.2) is 56.0 Å². The van der Waals surface area contributed by atoms with E-state index < -0.39 is 35.4 Å². The molecule has 1 aliphatic heterocycles. The summed E-state index contributed by atoms with van der Waals surface area (Å²) in [5.41, 5.74) is -1.03. The number of hydrogen-bond donors (Lipinski definition) is 0. The van der Waals surface area contributed by atoms with Crippen molar-refractivity contribution in [2.24, 2.45) is 11.0 Å². The maximum absolute atomic E-state index is 12.4. The minimum Gasteiger partial charge on any atom is -0.468 e. The summed E-state index contributed by atoms with van der Waals surface area (Å²) in [6, 6.07) is 3.22. The molecule has 2 unspecified atom stereocenters. The number of hydrogen-bond acceptors (Lipinski definition) is 9. The fourth-order valence-electron chi connectivity index (χ4n) is 2.96. The summed E-state index contributed by atoms with van der Waals surface area (Å²) >= 11 is 1.45. The maximum atomic E-state index is 12.4. The number of rotatable bonds is 7. The molecule has 9 heteroatoms. The van der Waals surface area contributed by atoms with Gasteiger partial charge in [0.25, 0.3) is 0 Å². The molecule has 0 aromatic carbocycles. The standard InChI is InChI=1S/C17H22N2O6S/c1-17(16(22)25-4)7-8-18-19(17)12(13-6-5-9-26-13)10-11(14(20)23-2)15(21)24-3/h5-6,8-9,11-12H,7,10H2,1-4H3. The molecule has 1 aromatic heterocycles. The maximum Gasteiger partial charge on any atom is 0.333 e. The lowest BCUT2D eigenvalue weighted by Gasteiger charge is -2.38. The molecular formula is C17H22N2O6S. The molecule has 1 aromatic rings. The van der Waals surface area contributed by atoms with Crippen molar-refractivity contribution >= 4 is 35.5 Å². The highest BCUT2D eigenvalue weighted by Crippen LogP contribution is 2.40. The quantitative estimate of drug-likeness (QED) is 0.403. The van der Waals surface area contributed by atoms with Crippen LogP contribution in [-0.2, 0) is 28.6 Å². The first kappa shape index (κ1) is 19.9. The van der Waals surface area contributed by atoms with Crippen molar-refractivity contribution in [3.63, 3.8) is 0 Å². The Morgan fingerprint density at radius 2 is 1.88 bits per heavy atom. The molecule has 2 heterocycles. The van der Waals surface area contributed by atoms with Crippen molar-refractivity contribution < 1.29 is 28.6 Å². The number of hydrazone groups is 1. The molecule has 0 aliphatic carbocycles. The van der Waals surface area contributed by atoms with Crippen molar-refractivity contribution in [1.82, 2.24) is 5.01 Å². The van der Waals surface area contributed by atoms with Gasteiger partial charge in [-0.1, -0.05) is 6.07 Å². The third kappa shape index (κ3) is 3.72. The van der Waals surface area contributed by atoms with E-state index in [1.54, 1.807) is 18.1 Å². The van der Waals surface area contributed by atoms with E-state index >= 15 is 0 Å². The number of nitrogens with zero attached hydrogens (tertiary/aromatic N) is 2. The minimum atomic E-state index is -1.13. The first-order valence-corrected chi connectivity index (χ1v) is 8.86. The van der Waals surface area contributed by atoms with Crippen LogP contribution in [0, 0.1) is 5.92 Å². The van der Waals surface area contributed by atoms with Gasteiger partial charge >= 0.3 is 17.9 Å². The highest BCUT2D eigenvalue weighted by Gasteiger charge is 2.48. The van der Waals surface area contributed by atoms with Crippen LogP contribution in [0.2, 0.25) is 0 Å². The van der Waals surface area contributed by atoms with Gasteiger partial charge in [-0.15, -0.1) is 11.3 Å². The molecule has 0 amide bonds. The molecule has 2 rings (SSSR count). The van der Waals surface area contributed by atoms with E-state index in [-0.39, 0.29) is 6.42 Å². The van der Waals surface area contributed by atoms with Crippen LogP contribution in [0.3, 0.4) is 0 Å². The van der Waals surface area contributed by atoms with E-state index in [2.05, 4.69) is 5.10 Å². The summed E-state index contributed by atoms with van der Waals surface area (Å²) in [7, 11) is 3.74. The van der Waals surface area contributed by atoms with Crippen LogP contribution in [0.5, 0.6) is 0 Å². The summed E-state index contributed by atoms with van der Waals surface area (Å²) in [5.74, 6) is -2.96. The highest BCUT2D eigenvalue weighted by molar-refractivity contribution is 7.10. The van der Waals surface area contributed by atoms with Crippen molar-refractivity contribution in [1.29, 1.82) is 0 Å². The fraction of sp³-hybridized carbons (Fsp3) is 0.529. The Bertz CT molecular complexity index is 673. The van der Waals surface area contributed by atoms with Gasteiger partial charge in [0, 0.05) is 17.5 Å². The van der Waals surface area contributed by atoms with E-state index in [1.165, 1.54) is 32.7 Å². The van der Waals surface area contributed by atoms with Crippen molar-refractivity contribution in [2.75, 3.05) is 21.3 Å². The summed E-state index contributed by atoms with van der Waals surface area (Å²) in [4.78, 5) is 37.5. The first-order chi connectivity index (χ1) is 12.4. The Morgan fingerprint density at radius 3 is 2.38 bits per heavy atom. The van der Waals surface area contributed by atoms with Gasteiger partial charge in [-0.05, 0) is 24.8 Å². The van der Waals surface area contributed by atoms with Gasteiger partial charge in [0.1, 0.15) is 0 Å². The monoisotopic (exact) mass is 382 g/mol. The second-order valence-corrected chi connectivity index (χ2v) is 6.96. The Labute approximate surface area is 155 Å². The lowest BCUT2D eigenvalue weighted by Crippen LogP contribution is -2.49. The predicted octanol–water partition coefficient (Wildman–Crippen LogP) is 1.76. The molecule has 2 atom stereocenters. The zero-order valence-corrected chi connectivity index (χ0v) is 15.9. The van der Waals surface area contributed by atoms with E-state index in [9.17, 15) is 14.4 Å². The highest BCUT2D eigenvalue weighted by atomic mass is 32.1. The molecule has 8 nitrogen and oxygen atoms in total. The molecule has 142 valence electrons. The van der Waals surface area contributed by atoms with Crippen LogP contribution < -0.4 is 0 Å². The molecule has 0 spiro atoms. The number of methoxy groups -OCH3 is 3. The zero-order valence-electron chi connectivity index (χ0n) is 15.1. The third-order valence-corrected chi connectivity index (χ3v) is 5.40. The van der Waals surface area contributed by atoms with Crippen molar-refractivity contribution in [3.8, 4) is 0 Å². The smallest absolute Gasteiger partial charge is 0.333 e. The van der Waals surface area contributed by atoms with Gasteiger partial charge in [0.05, 0.1) is 27.4 Å². The summed E-state index contributed by atoms with van der Waals surface area (Å²) in [6.07, 6.45) is 2.05. The van der Waals surface area contributed by atoms with Gasteiger partial charge < -0.3 is 14.2 Å². The van der Waals surface area contributed by atoms with Gasteiger partial charge in [-0.2, -0.15) is 5.10 Å². The number of carbonyl (C=O) groups is 3. The van der Waals surface area contributed by atoms with Gasteiger partial charge in [0.15, 0.2) is 11.5 Å². The number of ether oxygens (including phenoxy) is 3. The van der Waals surface area contributed by atoms with Crippen LogP contribution in [0.4, 0.5) is 0 Å². The molecule has 0 fully saturated rings. The number of thiophene rings is 1. The van der Waals surface area contributed by atoms with E-state index in [0.29, 0.717) is 6.42 Å². The van der Waals surface area contributed by atoms with E-state index in [4.69, 9.17) is 14.2 Å². The fourth-order valence-corrected chi connectivity index (χ4v) is 3.79. The largest absolute Gasteiger partial charge is 0.468 e. The topological polar surface area (TPSA) is 94.5 Å². The Kier molecular flexibility index (Phi) is 6.36. The predicted molar refractivity (Wildman–Crippen MR) is 94.6 cm³/mol. The van der Waals surface area contributed by atoms with Gasteiger partial charge in [-0.25, -0.2) is 4.79 Å². The molecule has 0 saturated heterocycles. The zero-order chi connectivity index (χ0) is 19.3. The Hall–Kier alpha value is -2.42. The van der Waals surface area contributed by atoms with Crippen molar-refractivity contribution in [2.45, 2.75) is 31.3 Å². The van der Waals surface area contributed by atoms with Gasteiger partial charge in [-0.3, -0.25) is 14.6 Å². The minimum absolute atomic E-state index is 0.0593. The van der Waals surface area contributed by atoms with Crippen LogP contribution >= 0.6 is 11.3 Å². The van der Waals surface area contributed by atoms with Crippen LogP contribution in [0.25, 0.3) is 0 Å². The molecule has 0 radical (unpaired) electrons. The van der Waals surface area contributed by atoms with Crippen LogP contribution in [0.1, 0.15) is 30.7 Å². The summed E-state index contributed by atoms with van der Waals surface area (Å²) < 4.78 is 14.4. The SMILES string of the molecule is COC(=O)C(CC(c1cccs1)N1N=CCC1(C)C(=O)OC)C(=O)OC. The second kappa shape index (κ2) is 8.31.